The summed E-state index contributed by atoms with van der Waals surface area (Å²) in [5.74, 6) is -1.26. The second-order valence-corrected chi connectivity index (χ2v) is 6.58. The molecule has 1 aliphatic rings. The average molecular weight is 369 g/mol. The first-order valence-electron chi connectivity index (χ1n) is 6.31. The molecule has 108 valence electrons. The van der Waals surface area contributed by atoms with Crippen molar-refractivity contribution in [2.24, 2.45) is 4.99 Å². The zero-order chi connectivity index (χ0) is 14.8. The molecule has 0 spiro atoms. The zero-order valence-electron chi connectivity index (χ0n) is 10.8. The molecule has 2 aromatic rings. The van der Waals surface area contributed by atoms with Crippen molar-refractivity contribution in [2.45, 2.75) is 5.25 Å². The fourth-order valence-electron chi connectivity index (χ4n) is 2.05. The molecule has 21 heavy (non-hydrogen) atoms. The van der Waals surface area contributed by atoms with E-state index >= 15 is 0 Å². The molecule has 0 saturated heterocycles. The lowest BCUT2D eigenvalue weighted by molar-refractivity contribution is 0.585. The van der Waals surface area contributed by atoms with Gasteiger partial charge in [0.1, 0.15) is 5.82 Å². The van der Waals surface area contributed by atoms with Gasteiger partial charge in [-0.1, -0.05) is 42.1 Å². The van der Waals surface area contributed by atoms with Gasteiger partial charge >= 0.3 is 0 Å². The highest BCUT2D eigenvalue weighted by Crippen LogP contribution is 2.36. The predicted molar refractivity (Wildman–Crippen MR) is 86.8 cm³/mol. The van der Waals surface area contributed by atoms with Gasteiger partial charge in [-0.25, -0.2) is 8.78 Å². The SMILES string of the molecule is Fc1cc(F)c(NC2=NCC(c3ccccc3)S2)c(Br)c1. The van der Waals surface area contributed by atoms with E-state index in [1.165, 1.54) is 23.4 Å². The summed E-state index contributed by atoms with van der Waals surface area (Å²) in [6.07, 6.45) is 0. The first kappa shape index (κ1) is 14.5. The highest BCUT2D eigenvalue weighted by Gasteiger charge is 2.22. The molecule has 2 aromatic carbocycles. The molecule has 1 unspecified atom stereocenters. The number of nitrogens with one attached hydrogen (secondary N) is 1. The number of anilines is 1. The molecule has 1 heterocycles. The fraction of sp³-hybridized carbons (Fsp3) is 0.133. The summed E-state index contributed by atoms with van der Waals surface area (Å²) < 4.78 is 27.2. The molecule has 0 aliphatic carbocycles. The maximum Gasteiger partial charge on any atom is 0.161 e. The van der Waals surface area contributed by atoms with E-state index in [-0.39, 0.29) is 10.9 Å². The first-order chi connectivity index (χ1) is 10.1. The van der Waals surface area contributed by atoms with E-state index in [0.29, 0.717) is 16.2 Å². The lowest BCUT2D eigenvalue weighted by atomic mass is 10.1. The summed E-state index contributed by atoms with van der Waals surface area (Å²) in [5, 5.41) is 3.78. The highest BCUT2D eigenvalue weighted by atomic mass is 79.9. The van der Waals surface area contributed by atoms with Crippen LogP contribution in [0.3, 0.4) is 0 Å². The molecule has 0 saturated carbocycles. The smallest absolute Gasteiger partial charge is 0.161 e. The number of amidine groups is 1. The fourth-order valence-corrected chi connectivity index (χ4v) is 3.58. The molecule has 0 aromatic heterocycles. The van der Waals surface area contributed by atoms with Crippen molar-refractivity contribution in [2.75, 3.05) is 11.9 Å². The van der Waals surface area contributed by atoms with Crippen LogP contribution in [0.5, 0.6) is 0 Å². The van der Waals surface area contributed by atoms with Gasteiger partial charge in [-0.2, -0.15) is 0 Å². The summed E-state index contributed by atoms with van der Waals surface area (Å²) in [6, 6.07) is 12.1. The van der Waals surface area contributed by atoms with Crippen LogP contribution in [0.25, 0.3) is 0 Å². The van der Waals surface area contributed by atoms with Gasteiger partial charge in [0, 0.05) is 10.5 Å². The van der Waals surface area contributed by atoms with E-state index < -0.39 is 11.6 Å². The molecule has 0 amide bonds. The molecule has 1 aliphatic heterocycles. The van der Waals surface area contributed by atoms with Gasteiger partial charge in [-0.3, -0.25) is 4.99 Å². The summed E-state index contributed by atoms with van der Waals surface area (Å²) in [6.45, 7) is 0.636. The molecule has 1 N–H and O–H groups in total. The molecule has 2 nitrogen and oxygen atoms in total. The number of hydrogen-bond acceptors (Lipinski definition) is 3. The molecule has 0 radical (unpaired) electrons. The minimum Gasteiger partial charge on any atom is -0.332 e. The van der Waals surface area contributed by atoms with Crippen LogP contribution in [0.4, 0.5) is 14.5 Å². The molecule has 3 rings (SSSR count). The standard InChI is InChI=1S/C15H11BrF2N2S/c16-11-6-10(17)7-12(18)14(11)20-15-19-8-13(21-15)9-4-2-1-3-5-9/h1-7,13H,8H2,(H,19,20). The lowest BCUT2D eigenvalue weighted by Gasteiger charge is -2.11. The maximum absolute atomic E-state index is 13.8. The van der Waals surface area contributed by atoms with Gasteiger partial charge in [0.2, 0.25) is 0 Å². The summed E-state index contributed by atoms with van der Waals surface area (Å²) >= 11 is 4.70. The van der Waals surface area contributed by atoms with Gasteiger partial charge in [0.05, 0.1) is 17.5 Å². The molecule has 0 fully saturated rings. The topological polar surface area (TPSA) is 24.4 Å². The van der Waals surface area contributed by atoms with Gasteiger partial charge in [0.25, 0.3) is 0 Å². The third-order valence-corrected chi connectivity index (χ3v) is 4.85. The number of halogens is 3. The minimum atomic E-state index is -0.645. The van der Waals surface area contributed by atoms with Crippen LogP contribution < -0.4 is 5.32 Å². The van der Waals surface area contributed by atoms with Crippen molar-refractivity contribution < 1.29 is 8.78 Å². The minimum absolute atomic E-state index is 0.205. The summed E-state index contributed by atoms with van der Waals surface area (Å²) in [4.78, 5) is 4.38. The zero-order valence-corrected chi connectivity index (χ0v) is 13.2. The van der Waals surface area contributed by atoms with Crippen LogP contribution in [0.15, 0.2) is 51.9 Å². The second kappa shape index (κ2) is 6.15. The van der Waals surface area contributed by atoms with Crippen LogP contribution in [0.1, 0.15) is 10.8 Å². The average Bonchev–Trinajstić information content (AvgIpc) is 2.92. The van der Waals surface area contributed by atoms with Crippen molar-refractivity contribution in [1.82, 2.24) is 0 Å². The molecule has 6 heteroatoms. The Labute approximate surface area is 133 Å². The van der Waals surface area contributed by atoms with E-state index in [1.54, 1.807) is 0 Å². The highest BCUT2D eigenvalue weighted by molar-refractivity contribution is 9.10. The third-order valence-electron chi connectivity index (χ3n) is 3.06. The van der Waals surface area contributed by atoms with Gasteiger partial charge in [-0.05, 0) is 27.6 Å². The normalized spacial score (nSPS) is 17.7. The Morgan fingerprint density at radius 2 is 1.95 bits per heavy atom. The Bertz CT molecular complexity index is 668. The van der Waals surface area contributed by atoms with Gasteiger partial charge < -0.3 is 5.32 Å². The Morgan fingerprint density at radius 1 is 1.19 bits per heavy atom. The van der Waals surface area contributed by atoms with Crippen molar-refractivity contribution in [3.63, 3.8) is 0 Å². The second-order valence-electron chi connectivity index (χ2n) is 4.53. The van der Waals surface area contributed by atoms with Crippen LogP contribution in [0, 0.1) is 11.6 Å². The Hall–Kier alpha value is -1.40. The van der Waals surface area contributed by atoms with Gasteiger partial charge in [0.15, 0.2) is 11.0 Å². The van der Waals surface area contributed by atoms with Crippen LogP contribution >= 0.6 is 27.7 Å². The third kappa shape index (κ3) is 3.27. The van der Waals surface area contributed by atoms with E-state index in [2.05, 4.69) is 26.2 Å². The predicted octanol–water partition coefficient (Wildman–Crippen LogP) is 4.98. The van der Waals surface area contributed by atoms with E-state index in [0.717, 1.165) is 6.07 Å². The molecular weight excluding hydrogens is 358 g/mol. The van der Waals surface area contributed by atoms with Gasteiger partial charge in [-0.15, -0.1) is 0 Å². The van der Waals surface area contributed by atoms with E-state index in [9.17, 15) is 8.78 Å². The van der Waals surface area contributed by atoms with Crippen molar-refractivity contribution >= 4 is 38.5 Å². The number of hydrogen-bond donors (Lipinski definition) is 1. The Kier molecular flexibility index (Phi) is 4.26. The van der Waals surface area contributed by atoms with Crippen molar-refractivity contribution in [3.8, 4) is 0 Å². The number of rotatable bonds is 2. The number of nitrogens with zero attached hydrogens (tertiary/aromatic N) is 1. The molecule has 0 bridgehead atoms. The largest absolute Gasteiger partial charge is 0.332 e. The van der Waals surface area contributed by atoms with E-state index in [1.807, 2.05) is 30.3 Å². The van der Waals surface area contributed by atoms with Crippen LogP contribution in [0.2, 0.25) is 0 Å². The maximum atomic E-state index is 13.8. The molecular formula is C15H11BrF2N2S. The summed E-state index contributed by atoms with van der Waals surface area (Å²) in [7, 11) is 0. The quantitative estimate of drug-likeness (QED) is 0.807. The number of benzene rings is 2. The van der Waals surface area contributed by atoms with Crippen LogP contribution in [-0.2, 0) is 0 Å². The van der Waals surface area contributed by atoms with Crippen molar-refractivity contribution in [1.29, 1.82) is 0 Å². The number of aliphatic imine (C=N–C) groups is 1. The first-order valence-corrected chi connectivity index (χ1v) is 7.98. The number of thioether (sulfide) groups is 1. The van der Waals surface area contributed by atoms with E-state index in [4.69, 9.17) is 0 Å². The van der Waals surface area contributed by atoms with Crippen LogP contribution in [-0.4, -0.2) is 11.7 Å². The Balaban J connectivity index is 1.73. The monoisotopic (exact) mass is 368 g/mol. The lowest BCUT2D eigenvalue weighted by Crippen LogP contribution is -2.08. The summed E-state index contributed by atoms with van der Waals surface area (Å²) in [5.41, 5.74) is 1.39. The van der Waals surface area contributed by atoms with Crippen molar-refractivity contribution in [3.05, 3.63) is 64.1 Å². The molecule has 1 atom stereocenters. The Morgan fingerprint density at radius 3 is 2.67 bits per heavy atom.